The molecule has 156 valence electrons. The zero-order valence-electron chi connectivity index (χ0n) is 16.7. The van der Waals surface area contributed by atoms with E-state index in [-0.39, 0.29) is 17.2 Å². The third-order valence-corrected chi connectivity index (χ3v) is 5.54. The first kappa shape index (κ1) is 21.5. The molecule has 1 saturated heterocycles. The van der Waals surface area contributed by atoms with Crippen LogP contribution in [-0.2, 0) is 16.7 Å². The summed E-state index contributed by atoms with van der Waals surface area (Å²) in [5, 5.41) is 2.65. The van der Waals surface area contributed by atoms with Gasteiger partial charge in [0.25, 0.3) is 0 Å². The number of hydrogen-bond donors (Lipinski definition) is 1. The second-order valence-electron chi connectivity index (χ2n) is 7.75. The van der Waals surface area contributed by atoms with Crippen LogP contribution in [0.1, 0.15) is 37.5 Å². The molecule has 1 fully saturated rings. The van der Waals surface area contributed by atoms with Gasteiger partial charge in [-0.2, -0.15) is 0 Å². The van der Waals surface area contributed by atoms with Crippen LogP contribution in [0.2, 0.25) is 0 Å². The molecule has 0 aliphatic carbocycles. The van der Waals surface area contributed by atoms with Gasteiger partial charge in [0, 0.05) is 17.8 Å². The fourth-order valence-corrected chi connectivity index (χ4v) is 3.77. The van der Waals surface area contributed by atoms with Gasteiger partial charge in [-0.25, -0.2) is 18.2 Å². The van der Waals surface area contributed by atoms with E-state index in [2.05, 4.69) is 10.3 Å². The van der Waals surface area contributed by atoms with Crippen molar-refractivity contribution in [3.8, 4) is 5.88 Å². The number of aromatic nitrogens is 1. The molecule has 1 N–H and O–H groups in total. The first-order chi connectivity index (χ1) is 13.5. The van der Waals surface area contributed by atoms with Crippen LogP contribution < -0.4 is 10.1 Å². The minimum atomic E-state index is -3.46. The highest BCUT2D eigenvalue weighted by Crippen LogP contribution is 2.48. The normalized spacial score (nSPS) is 23.2. The van der Waals surface area contributed by atoms with E-state index in [0.29, 0.717) is 17.9 Å². The molecular formula is C21H23F3N2O2S. The molecule has 0 radical (unpaired) electrons. The van der Waals surface area contributed by atoms with Crippen LogP contribution in [-0.4, -0.2) is 35.2 Å². The summed E-state index contributed by atoms with van der Waals surface area (Å²) >= 11 is 5.14. The standard InChI is InChI=1S/C21H23F3N2O2S/c1-19(2)21(23,24)20(3,26-18(29)12-28-19)15-10-13(5-7-16(15)22)9-14-6-8-17(27-4)25-11-14/h5-8,10-11H,9,12H2,1-4H3,(H,26,29)/t20-/m1/s1. The molecule has 1 atom stereocenters. The molecule has 0 unspecified atom stereocenters. The molecule has 2 heterocycles. The molecule has 4 nitrogen and oxygen atoms in total. The SMILES string of the molecule is COc1ccc(Cc2ccc(F)c([C@@]3(C)NC(=S)COC(C)(C)C3(F)F)c2)cn1. The Morgan fingerprint density at radius 3 is 2.48 bits per heavy atom. The summed E-state index contributed by atoms with van der Waals surface area (Å²) in [6.07, 6.45) is 2.03. The van der Waals surface area contributed by atoms with E-state index in [1.165, 1.54) is 40.0 Å². The van der Waals surface area contributed by atoms with Crippen molar-refractivity contribution in [2.45, 2.75) is 44.3 Å². The number of benzene rings is 1. The number of ether oxygens (including phenoxy) is 2. The van der Waals surface area contributed by atoms with E-state index in [1.54, 1.807) is 18.3 Å². The summed E-state index contributed by atoms with van der Waals surface area (Å²) in [4.78, 5) is 4.24. The number of thiocarbonyl (C=S) groups is 1. The number of methoxy groups -OCH3 is 1. The molecule has 0 spiro atoms. The maximum atomic E-state index is 15.5. The molecule has 1 aliphatic heterocycles. The zero-order valence-corrected chi connectivity index (χ0v) is 17.5. The highest BCUT2D eigenvalue weighted by molar-refractivity contribution is 7.80. The lowest BCUT2D eigenvalue weighted by Gasteiger charge is -2.44. The Labute approximate surface area is 173 Å². The molecule has 8 heteroatoms. The van der Waals surface area contributed by atoms with Crippen LogP contribution >= 0.6 is 12.2 Å². The van der Waals surface area contributed by atoms with Gasteiger partial charge >= 0.3 is 5.92 Å². The zero-order chi connectivity index (χ0) is 21.4. The third-order valence-electron chi connectivity index (χ3n) is 5.32. The highest BCUT2D eigenvalue weighted by atomic mass is 32.1. The molecule has 0 amide bonds. The fraction of sp³-hybridized carbons (Fsp3) is 0.429. The Balaban J connectivity index is 2.04. The lowest BCUT2D eigenvalue weighted by atomic mass is 9.77. The predicted molar refractivity (Wildman–Crippen MR) is 108 cm³/mol. The summed E-state index contributed by atoms with van der Waals surface area (Å²) in [7, 11) is 1.52. The molecule has 1 aliphatic rings. The average molecular weight is 424 g/mol. The quantitative estimate of drug-likeness (QED) is 0.738. The van der Waals surface area contributed by atoms with Crippen molar-refractivity contribution < 1.29 is 22.6 Å². The van der Waals surface area contributed by atoms with Crippen molar-refractivity contribution >= 4 is 17.2 Å². The first-order valence-corrected chi connectivity index (χ1v) is 9.51. The number of nitrogens with one attached hydrogen (secondary N) is 1. The number of nitrogens with zero attached hydrogens (tertiary/aromatic N) is 1. The lowest BCUT2D eigenvalue weighted by Crippen LogP contribution is -2.62. The van der Waals surface area contributed by atoms with Crippen molar-refractivity contribution in [3.63, 3.8) is 0 Å². The van der Waals surface area contributed by atoms with E-state index >= 15 is 8.78 Å². The van der Waals surface area contributed by atoms with Gasteiger partial charge in [-0.15, -0.1) is 0 Å². The van der Waals surface area contributed by atoms with Crippen LogP contribution in [0, 0.1) is 5.82 Å². The number of pyridine rings is 1. The van der Waals surface area contributed by atoms with Crippen LogP contribution in [0.3, 0.4) is 0 Å². The van der Waals surface area contributed by atoms with E-state index in [0.717, 1.165) is 5.56 Å². The second kappa shape index (κ2) is 7.57. The monoisotopic (exact) mass is 424 g/mol. The summed E-state index contributed by atoms with van der Waals surface area (Å²) in [5.41, 5.74) is -2.59. The highest BCUT2D eigenvalue weighted by Gasteiger charge is 2.64. The summed E-state index contributed by atoms with van der Waals surface area (Å²) in [6.45, 7) is 3.66. The largest absolute Gasteiger partial charge is 0.481 e. The summed E-state index contributed by atoms with van der Waals surface area (Å²) in [5.74, 6) is -3.72. The molecule has 0 bridgehead atoms. The van der Waals surface area contributed by atoms with E-state index in [1.807, 2.05) is 6.07 Å². The van der Waals surface area contributed by atoms with Crippen LogP contribution in [0.4, 0.5) is 13.2 Å². The third kappa shape index (κ3) is 3.83. The van der Waals surface area contributed by atoms with Crippen LogP contribution in [0.15, 0.2) is 36.5 Å². The molecule has 1 aromatic carbocycles. The van der Waals surface area contributed by atoms with Gasteiger partial charge < -0.3 is 14.8 Å². The average Bonchev–Trinajstić information content (AvgIpc) is 2.73. The number of rotatable bonds is 4. The van der Waals surface area contributed by atoms with Crippen LogP contribution in [0.25, 0.3) is 0 Å². The number of alkyl halides is 2. The molecular weight excluding hydrogens is 401 g/mol. The molecule has 3 rings (SSSR count). The van der Waals surface area contributed by atoms with Crippen molar-refractivity contribution in [2.75, 3.05) is 13.7 Å². The van der Waals surface area contributed by atoms with Gasteiger partial charge in [-0.3, -0.25) is 0 Å². The van der Waals surface area contributed by atoms with Gasteiger partial charge in [0.2, 0.25) is 5.88 Å². The Morgan fingerprint density at radius 2 is 1.86 bits per heavy atom. The molecule has 1 aromatic heterocycles. The van der Waals surface area contributed by atoms with E-state index in [9.17, 15) is 4.39 Å². The Hall–Kier alpha value is -2.19. The molecule has 0 saturated carbocycles. The maximum Gasteiger partial charge on any atom is 0.302 e. The maximum absolute atomic E-state index is 15.5. The molecule has 2 aromatic rings. The summed E-state index contributed by atoms with van der Waals surface area (Å²) in [6, 6.07) is 7.75. The lowest BCUT2D eigenvalue weighted by molar-refractivity contribution is -0.216. The summed E-state index contributed by atoms with van der Waals surface area (Å²) < 4.78 is 56.2. The van der Waals surface area contributed by atoms with E-state index < -0.39 is 22.9 Å². The van der Waals surface area contributed by atoms with Gasteiger partial charge in [0.15, 0.2) is 0 Å². The Kier molecular flexibility index (Phi) is 5.62. The van der Waals surface area contributed by atoms with Crippen molar-refractivity contribution in [2.24, 2.45) is 0 Å². The number of halogens is 3. The first-order valence-electron chi connectivity index (χ1n) is 9.11. The van der Waals surface area contributed by atoms with Crippen molar-refractivity contribution in [1.82, 2.24) is 10.3 Å². The fourth-order valence-electron chi connectivity index (χ4n) is 3.51. The predicted octanol–water partition coefficient (Wildman–Crippen LogP) is 4.40. The minimum Gasteiger partial charge on any atom is -0.481 e. The van der Waals surface area contributed by atoms with Crippen LogP contribution in [0.5, 0.6) is 5.88 Å². The molecule has 29 heavy (non-hydrogen) atoms. The van der Waals surface area contributed by atoms with Gasteiger partial charge in [-0.05, 0) is 50.5 Å². The second-order valence-corrected chi connectivity index (χ2v) is 8.24. The van der Waals surface area contributed by atoms with Gasteiger partial charge in [0.05, 0.1) is 13.7 Å². The van der Waals surface area contributed by atoms with Gasteiger partial charge in [-0.1, -0.05) is 24.4 Å². The topological polar surface area (TPSA) is 43.4 Å². The Morgan fingerprint density at radius 1 is 1.17 bits per heavy atom. The van der Waals surface area contributed by atoms with Crippen molar-refractivity contribution in [3.05, 3.63) is 59.0 Å². The van der Waals surface area contributed by atoms with E-state index in [4.69, 9.17) is 21.7 Å². The number of hydrogen-bond acceptors (Lipinski definition) is 4. The Bertz CT molecular complexity index is 919. The van der Waals surface area contributed by atoms with Gasteiger partial charge in [0.1, 0.15) is 21.9 Å². The minimum absolute atomic E-state index is 0.0990. The smallest absolute Gasteiger partial charge is 0.302 e. The van der Waals surface area contributed by atoms with Crippen molar-refractivity contribution in [1.29, 1.82) is 0 Å².